The average molecular weight is 310 g/mol. The third-order valence-corrected chi connectivity index (χ3v) is 5.27. The molecule has 0 radical (unpaired) electrons. The van der Waals surface area contributed by atoms with Crippen LogP contribution in [0, 0.1) is 0 Å². The minimum absolute atomic E-state index is 0.308. The molecule has 1 fully saturated rings. The van der Waals surface area contributed by atoms with Crippen LogP contribution in [0.3, 0.4) is 0 Å². The zero-order valence-electron chi connectivity index (χ0n) is 13.3. The Labute approximate surface area is 141 Å². The first-order chi connectivity index (χ1) is 11.8. The summed E-state index contributed by atoms with van der Waals surface area (Å²) in [5.41, 5.74) is 7.89. The fourth-order valence-corrected chi connectivity index (χ4v) is 4.10. The monoisotopic (exact) mass is 310 g/mol. The van der Waals surface area contributed by atoms with Crippen molar-refractivity contribution in [3.05, 3.63) is 101 Å². The topological polar surface area (TPSA) is 20.2 Å². The quantitative estimate of drug-likeness (QED) is 0.623. The summed E-state index contributed by atoms with van der Waals surface area (Å²) in [5, 5.41) is 9.81. The Balaban J connectivity index is 1.79. The van der Waals surface area contributed by atoms with E-state index in [1.165, 1.54) is 34.2 Å². The molecule has 0 bridgehead atoms. The average Bonchev–Trinajstić information content (AvgIpc) is 3.40. The number of fused-ring (bicyclic) bond motifs is 5. The minimum Gasteiger partial charge on any atom is -0.508 e. The Morgan fingerprint density at radius 2 is 1.38 bits per heavy atom. The molecule has 0 amide bonds. The van der Waals surface area contributed by atoms with E-state index in [0.29, 0.717) is 17.6 Å². The second kappa shape index (κ2) is 5.10. The van der Waals surface area contributed by atoms with E-state index in [2.05, 4.69) is 54.6 Å². The fraction of sp³-hybridized carbons (Fsp3) is 0.130. The van der Waals surface area contributed by atoms with Gasteiger partial charge in [0.15, 0.2) is 0 Å². The third-order valence-electron chi connectivity index (χ3n) is 5.27. The van der Waals surface area contributed by atoms with Crippen molar-refractivity contribution in [3.8, 4) is 5.75 Å². The maximum atomic E-state index is 9.81. The van der Waals surface area contributed by atoms with Crippen LogP contribution in [0.5, 0.6) is 5.75 Å². The van der Waals surface area contributed by atoms with Crippen molar-refractivity contribution in [3.63, 3.8) is 0 Å². The van der Waals surface area contributed by atoms with Gasteiger partial charge >= 0.3 is 0 Å². The smallest absolute Gasteiger partial charge is 0.116 e. The molecule has 0 spiro atoms. The minimum atomic E-state index is 0.308. The molecular formula is C23H18O. The highest BCUT2D eigenvalue weighted by molar-refractivity contribution is 5.95. The number of hydrogen-bond donors (Lipinski definition) is 1. The molecule has 116 valence electrons. The molecule has 0 aromatic heterocycles. The van der Waals surface area contributed by atoms with Crippen molar-refractivity contribution in [2.75, 3.05) is 0 Å². The maximum absolute atomic E-state index is 9.81. The molecule has 1 nitrogen and oxygen atoms in total. The SMILES string of the molecule is Oc1cccc(C=C2c3ccccc3[C@H]3C[C@H]3c3ccccc32)c1. The van der Waals surface area contributed by atoms with Crippen molar-refractivity contribution in [2.45, 2.75) is 18.3 Å². The van der Waals surface area contributed by atoms with Crippen molar-refractivity contribution in [1.82, 2.24) is 0 Å². The number of benzene rings is 3. The lowest BCUT2D eigenvalue weighted by Crippen LogP contribution is -1.94. The van der Waals surface area contributed by atoms with E-state index >= 15 is 0 Å². The van der Waals surface area contributed by atoms with Gasteiger partial charge in [0, 0.05) is 0 Å². The van der Waals surface area contributed by atoms with E-state index in [0.717, 1.165) is 5.56 Å². The fourth-order valence-electron chi connectivity index (χ4n) is 4.10. The summed E-state index contributed by atoms with van der Waals surface area (Å²) in [6, 6.07) is 25.1. The number of aromatic hydroxyl groups is 1. The second-order valence-electron chi connectivity index (χ2n) is 6.78. The van der Waals surface area contributed by atoms with Crippen LogP contribution in [0.4, 0.5) is 0 Å². The van der Waals surface area contributed by atoms with Gasteiger partial charge in [0.25, 0.3) is 0 Å². The standard InChI is InChI=1S/C23H18O/c24-16-7-5-6-15(12-16)13-21-17-8-1-3-10-19(17)22-14-23(22)20-11-4-2-9-18(20)21/h1-13,22-24H,14H2/t22-,23+. The van der Waals surface area contributed by atoms with E-state index in [9.17, 15) is 5.11 Å². The van der Waals surface area contributed by atoms with Gasteiger partial charge in [0.1, 0.15) is 5.75 Å². The van der Waals surface area contributed by atoms with Crippen LogP contribution in [0.25, 0.3) is 11.6 Å². The van der Waals surface area contributed by atoms with E-state index in [4.69, 9.17) is 0 Å². The van der Waals surface area contributed by atoms with Crippen molar-refractivity contribution >= 4 is 11.6 Å². The van der Waals surface area contributed by atoms with Gasteiger partial charge in [-0.15, -0.1) is 0 Å². The van der Waals surface area contributed by atoms with Crippen molar-refractivity contribution in [2.24, 2.45) is 0 Å². The largest absolute Gasteiger partial charge is 0.508 e. The molecule has 0 unspecified atom stereocenters. The van der Waals surface area contributed by atoms with Gasteiger partial charge in [0.05, 0.1) is 0 Å². The molecule has 1 saturated carbocycles. The third kappa shape index (κ3) is 2.09. The molecule has 5 rings (SSSR count). The van der Waals surface area contributed by atoms with Crippen LogP contribution >= 0.6 is 0 Å². The number of hydrogen-bond acceptors (Lipinski definition) is 1. The molecule has 3 aromatic carbocycles. The predicted molar refractivity (Wildman–Crippen MR) is 98.1 cm³/mol. The Bertz CT molecular complexity index is 914. The summed E-state index contributed by atoms with van der Waals surface area (Å²) in [6.45, 7) is 0. The van der Waals surface area contributed by atoms with E-state index in [1.807, 2.05) is 18.2 Å². The van der Waals surface area contributed by atoms with E-state index in [1.54, 1.807) is 6.07 Å². The molecule has 2 atom stereocenters. The van der Waals surface area contributed by atoms with Crippen LogP contribution in [0.2, 0.25) is 0 Å². The van der Waals surface area contributed by atoms with E-state index in [-0.39, 0.29) is 0 Å². The van der Waals surface area contributed by atoms with Crippen LogP contribution in [-0.4, -0.2) is 5.11 Å². The lowest BCUT2D eigenvalue weighted by molar-refractivity contribution is 0.475. The van der Waals surface area contributed by atoms with Crippen molar-refractivity contribution < 1.29 is 5.11 Å². The molecule has 2 aliphatic rings. The molecular weight excluding hydrogens is 292 g/mol. The zero-order chi connectivity index (χ0) is 16.1. The maximum Gasteiger partial charge on any atom is 0.116 e. The molecule has 2 aliphatic carbocycles. The lowest BCUT2D eigenvalue weighted by atomic mass is 9.90. The summed E-state index contributed by atoms with van der Waals surface area (Å²) in [7, 11) is 0. The van der Waals surface area contributed by atoms with Gasteiger partial charge < -0.3 is 5.11 Å². The van der Waals surface area contributed by atoms with Gasteiger partial charge in [-0.1, -0.05) is 60.7 Å². The Morgan fingerprint density at radius 1 is 0.750 bits per heavy atom. The number of phenolic OH excluding ortho intramolecular Hbond substituents is 1. The first kappa shape index (κ1) is 13.6. The summed E-state index contributed by atoms with van der Waals surface area (Å²) in [6.07, 6.45) is 3.47. The van der Waals surface area contributed by atoms with Gasteiger partial charge in [-0.25, -0.2) is 0 Å². The highest BCUT2D eigenvalue weighted by Gasteiger charge is 2.44. The van der Waals surface area contributed by atoms with Crippen LogP contribution in [0.1, 0.15) is 46.1 Å². The summed E-state index contributed by atoms with van der Waals surface area (Å²) in [5.74, 6) is 1.61. The molecule has 1 heteroatoms. The van der Waals surface area contributed by atoms with Crippen molar-refractivity contribution in [1.29, 1.82) is 0 Å². The van der Waals surface area contributed by atoms with Crippen LogP contribution in [-0.2, 0) is 0 Å². The highest BCUT2D eigenvalue weighted by Crippen LogP contribution is 2.60. The normalized spacial score (nSPS) is 22.2. The zero-order valence-corrected chi connectivity index (χ0v) is 13.3. The second-order valence-corrected chi connectivity index (χ2v) is 6.78. The van der Waals surface area contributed by atoms with Gasteiger partial charge in [-0.3, -0.25) is 0 Å². The molecule has 1 N–H and O–H groups in total. The first-order valence-corrected chi connectivity index (χ1v) is 8.50. The summed E-state index contributed by atoms with van der Waals surface area (Å²) in [4.78, 5) is 0. The van der Waals surface area contributed by atoms with Gasteiger partial charge in [-0.05, 0) is 69.9 Å². The predicted octanol–water partition coefficient (Wildman–Crippen LogP) is 5.57. The number of phenols is 1. The van der Waals surface area contributed by atoms with E-state index < -0.39 is 0 Å². The van der Waals surface area contributed by atoms with Gasteiger partial charge in [-0.2, -0.15) is 0 Å². The first-order valence-electron chi connectivity index (χ1n) is 8.50. The highest BCUT2D eigenvalue weighted by atomic mass is 16.3. The summed E-state index contributed by atoms with van der Waals surface area (Å²) >= 11 is 0. The molecule has 3 aromatic rings. The molecule has 0 aliphatic heterocycles. The van der Waals surface area contributed by atoms with Gasteiger partial charge in [0.2, 0.25) is 0 Å². The molecule has 0 saturated heterocycles. The number of rotatable bonds is 1. The Morgan fingerprint density at radius 3 is 2.00 bits per heavy atom. The van der Waals surface area contributed by atoms with Crippen LogP contribution in [0.15, 0.2) is 72.8 Å². The summed E-state index contributed by atoms with van der Waals surface area (Å²) < 4.78 is 0. The lowest BCUT2D eigenvalue weighted by Gasteiger charge is -2.14. The van der Waals surface area contributed by atoms with Crippen LogP contribution < -0.4 is 0 Å². The molecule has 0 heterocycles. The Kier molecular flexibility index (Phi) is 2.90. The Hall–Kier alpha value is -2.80. The molecule has 24 heavy (non-hydrogen) atoms.